The van der Waals surface area contributed by atoms with Gasteiger partial charge >= 0.3 is 0 Å². The lowest BCUT2D eigenvalue weighted by molar-refractivity contribution is 0.571. The van der Waals surface area contributed by atoms with Crippen molar-refractivity contribution >= 4 is 21.1 Å². The number of hydrogen-bond acceptors (Lipinski definition) is 3. The molecule has 0 aliphatic carbocycles. The predicted octanol–water partition coefficient (Wildman–Crippen LogP) is 3.80. The van der Waals surface area contributed by atoms with Gasteiger partial charge in [-0.3, -0.25) is 0 Å². The Kier molecular flexibility index (Phi) is 5.74. The summed E-state index contributed by atoms with van der Waals surface area (Å²) in [5.74, 6) is 0.967. The molecule has 5 nitrogen and oxygen atoms in total. The normalized spacial score (nSPS) is 11.7. The van der Waals surface area contributed by atoms with E-state index in [1.807, 2.05) is 42.5 Å². The Morgan fingerprint density at radius 3 is 2.21 bits per heavy atom. The van der Waals surface area contributed by atoms with Crippen molar-refractivity contribution in [1.82, 2.24) is 14.3 Å². The smallest absolute Gasteiger partial charge is 0.240 e. The molecule has 0 saturated carbocycles. The van der Waals surface area contributed by atoms with Crippen molar-refractivity contribution in [3.8, 4) is 0 Å². The number of hydrogen-bond donors (Lipinski definition) is 1. The zero-order valence-corrected chi connectivity index (χ0v) is 16.8. The van der Waals surface area contributed by atoms with Gasteiger partial charge in [0, 0.05) is 19.5 Å². The maximum Gasteiger partial charge on any atom is 0.240 e. The Morgan fingerprint density at radius 1 is 0.793 bits per heavy atom. The SMILES string of the molecule is O=S(=O)(NCCn1c(CCc2ccccc2)nc2ccccc21)c1ccccc1. The Labute approximate surface area is 171 Å². The topological polar surface area (TPSA) is 64.0 Å². The molecule has 0 aliphatic heterocycles. The van der Waals surface area contributed by atoms with Crippen molar-refractivity contribution in [2.45, 2.75) is 24.3 Å². The second-order valence-corrected chi connectivity index (χ2v) is 8.63. The van der Waals surface area contributed by atoms with Gasteiger partial charge in [0.15, 0.2) is 0 Å². The van der Waals surface area contributed by atoms with Gasteiger partial charge in [-0.25, -0.2) is 18.1 Å². The molecule has 29 heavy (non-hydrogen) atoms. The summed E-state index contributed by atoms with van der Waals surface area (Å²) < 4.78 is 29.8. The van der Waals surface area contributed by atoms with Gasteiger partial charge in [0.1, 0.15) is 5.82 Å². The van der Waals surface area contributed by atoms with E-state index < -0.39 is 10.0 Å². The molecule has 0 aliphatic rings. The number of para-hydroxylation sites is 2. The van der Waals surface area contributed by atoms with Crippen molar-refractivity contribution in [2.75, 3.05) is 6.54 Å². The van der Waals surface area contributed by atoms with Gasteiger partial charge in [-0.2, -0.15) is 0 Å². The first-order valence-electron chi connectivity index (χ1n) is 9.66. The standard InChI is InChI=1S/C23H23N3O2S/c27-29(28,20-11-5-2-6-12-20)24-17-18-26-22-14-8-7-13-21(22)25-23(26)16-15-19-9-3-1-4-10-19/h1-14,24H,15-18H2. The molecular weight excluding hydrogens is 382 g/mol. The van der Waals surface area contributed by atoms with Crippen LogP contribution >= 0.6 is 0 Å². The van der Waals surface area contributed by atoms with Crippen molar-refractivity contribution in [3.63, 3.8) is 0 Å². The first kappa shape index (κ1) is 19.4. The summed E-state index contributed by atoms with van der Waals surface area (Å²) in [6.07, 6.45) is 1.68. The van der Waals surface area contributed by atoms with Crippen molar-refractivity contribution in [2.24, 2.45) is 0 Å². The van der Waals surface area contributed by atoms with Gasteiger partial charge in [0.05, 0.1) is 15.9 Å². The minimum absolute atomic E-state index is 0.278. The van der Waals surface area contributed by atoms with E-state index in [4.69, 9.17) is 4.98 Å². The number of aryl methyl sites for hydroxylation is 2. The highest BCUT2D eigenvalue weighted by Crippen LogP contribution is 2.18. The average Bonchev–Trinajstić information content (AvgIpc) is 3.11. The first-order valence-corrected chi connectivity index (χ1v) is 11.1. The van der Waals surface area contributed by atoms with Gasteiger partial charge < -0.3 is 4.57 Å². The van der Waals surface area contributed by atoms with E-state index in [0.29, 0.717) is 13.1 Å². The van der Waals surface area contributed by atoms with Crippen LogP contribution in [0.1, 0.15) is 11.4 Å². The number of imidazole rings is 1. The Hall–Kier alpha value is -2.96. The maximum atomic E-state index is 12.5. The highest BCUT2D eigenvalue weighted by atomic mass is 32.2. The molecule has 4 rings (SSSR count). The van der Waals surface area contributed by atoms with Gasteiger partial charge in [-0.15, -0.1) is 0 Å². The number of fused-ring (bicyclic) bond motifs is 1. The van der Waals surface area contributed by atoms with Crippen LogP contribution in [0, 0.1) is 0 Å². The summed E-state index contributed by atoms with van der Waals surface area (Å²) in [4.78, 5) is 5.06. The zero-order chi connectivity index (χ0) is 20.1. The molecule has 1 N–H and O–H groups in total. The molecule has 1 heterocycles. The number of rotatable bonds is 8. The predicted molar refractivity (Wildman–Crippen MR) is 115 cm³/mol. The quantitative estimate of drug-likeness (QED) is 0.485. The van der Waals surface area contributed by atoms with Crippen molar-refractivity contribution < 1.29 is 8.42 Å². The minimum Gasteiger partial charge on any atom is -0.327 e. The van der Waals surface area contributed by atoms with Gasteiger partial charge in [0.2, 0.25) is 10.0 Å². The zero-order valence-electron chi connectivity index (χ0n) is 16.0. The van der Waals surface area contributed by atoms with Crippen LogP contribution in [0.5, 0.6) is 0 Å². The van der Waals surface area contributed by atoms with Crippen LogP contribution in [0.3, 0.4) is 0 Å². The maximum absolute atomic E-state index is 12.5. The summed E-state index contributed by atoms with van der Waals surface area (Å²) >= 11 is 0. The lowest BCUT2D eigenvalue weighted by Gasteiger charge is -2.11. The summed E-state index contributed by atoms with van der Waals surface area (Å²) in [6, 6.07) is 26.7. The Bertz CT molecular complexity index is 1190. The molecule has 0 unspecified atom stereocenters. The number of benzene rings is 3. The summed E-state index contributed by atoms with van der Waals surface area (Å²) in [6.45, 7) is 0.826. The van der Waals surface area contributed by atoms with E-state index in [1.165, 1.54) is 5.56 Å². The molecule has 3 aromatic carbocycles. The van der Waals surface area contributed by atoms with Gasteiger partial charge in [-0.1, -0.05) is 60.7 Å². The van der Waals surface area contributed by atoms with Crippen LogP contribution in [-0.2, 0) is 29.4 Å². The van der Waals surface area contributed by atoms with E-state index in [2.05, 4.69) is 21.4 Å². The van der Waals surface area contributed by atoms with Crippen LogP contribution in [-0.4, -0.2) is 24.5 Å². The molecule has 0 amide bonds. The fraction of sp³-hybridized carbons (Fsp3) is 0.174. The second kappa shape index (κ2) is 8.59. The minimum atomic E-state index is -3.52. The molecule has 1 aromatic heterocycles. The lowest BCUT2D eigenvalue weighted by Crippen LogP contribution is -2.27. The molecule has 0 radical (unpaired) electrons. The van der Waals surface area contributed by atoms with Crippen LogP contribution in [0.15, 0.2) is 89.8 Å². The molecule has 148 valence electrons. The van der Waals surface area contributed by atoms with Crippen molar-refractivity contribution in [1.29, 1.82) is 0 Å². The molecule has 0 spiro atoms. The summed E-state index contributed by atoms with van der Waals surface area (Å²) in [5, 5.41) is 0. The van der Waals surface area contributed by atoms with Gasteiger partial charge in [0.25, 0.3) is 0 Å². The Morgan fingerprint density at radius 2 is 1.45 bits per heavy atom. The van der Waals surface area contributed by atoms with E-state index >= 15 is 0 Å². The molecule has 0 saturated heterocycles. The number of aromatic nitrogens is 2. The van der Waals surface area contributed by atoms with Crippen molar-refractivity contribution in [3.05, 3.63) is 96.3 Å². The fourth-order valence-electron chi connectivity index (χ4n) is 3.44. The highest BCUT2D eigenvalue weighted by molar-refractivity contribution is 7.89. The summed E-state index contributed by atoms with van der Waals surface area (Å²) in [7, 11) is -3.52. The van der Waals surface area contributed by atoms with Crippen LogP contribution in [0.2, 0.25) is 0 Å². The molecule has 6 heteroatoms. The van der Waals surface area contributed by atoms with Gasteiger partial charge in [-0.05, 0) is 36.2 Å². The molecule has 4 aromatic rings. The molecule has 0 atom stereocenters. The first-order chi connectivity index (χ1) is 14.1. The monoisotopic (exact) mass is 405 g/mol. The Balaban J connectivity index is 1.51. The third kappa shape index (κ3) is 4.55. The number of nitrogens with one attached hydrogen (secondary N) is 1. The van der Waals surface area contributed by atoms with E-state index in [-0.39, 0.29) is 4.90 Å². The number of sulfonamides is 1. The largest absolute Gasteiger partial charge is 0.327 e. The van der Waals surface area contributed by atoms with E-state index in [0.717, 1.165) is 29.7 Å². The second-order valence-electron chi connectivity index (χ2n) is 6.86. The molecular formula is C23H23N3O2S. The molecule has 0 bridgehead atoms. The lowest BCUT2D eigenvalue weighted by atomic mass is 10.1. The highest BCUT2D eigenvalue weighted by Gasteiger charge is 2.14. The van der Waals surface area contributed by atoms with Crippen LogP contribution < -0.4 is 4.72 Å². The van der Waals surface area contributed by atoms with Crippen LogP contribution in [0.25, 0.3) is 11.0 Å². The third-order valence-electron chi connectivity index (χ3n) is 4.89. The van der Waals surface area contributed by atoms with E-state index in [1.54, 1.807) is 30.3 Å². The fourth-order valence-corrected chi connectivity index (χ4v) is 4.48. The summed E-state index contributed by atoms with van der Waals surface area (Å²) in [5.41, 5.74) is 3.21. The van der Waals surface area contributed by atoms with E-state index in [9.17, 15) is 8.42 Å². The molecule has 0 fully saturated rings. The third-order valence-corrected chi connectivity index (χ3v) is 6.37. The van der Waals surface area contributed by atoms with Crippen LogP contribution in [0.4, 0.5) is 0 Å². The average molecular weight is 406 g/mol. The number of nitrogens with zero attached hydrogens (tertiary/aromatic N) is 2.